The number of anilines is 1. The van der Waals surface area contributed by atoms with Crippen molar-refractivity contribution in [2.45, 2.75) is 51.1 Å². The van der Waals surface area contributed by atoms with Crippen LogP contribution in [0, 0.1) is 11.7 Å². The van der Waals surface area contributed by atoms with E-state index in [1.54, 1.807) is 6.07 Å². The van der Waals surface area contributed by atoms with Gasteiger partial charge in [-0.25, -0.2) is 4.39 Å². The molecule has 1 N–H and O–H groups in total. The van der Waals surface area contributed by atoms with Gasteiger partial charge in [0.15, 0.2) is 0 Å². The highest BCUT2D eigenvalue weighted by atomic mass is 19.1. The third-order valence-corrected chi connectivity index (χ3v) is 5.00. The first-order chi connectivity index (χ1) is 9.81. The maximum absolute atomic E-state index is 14.1. The normalized spacial score (nSPS) is 26.4. The minimum absolute atomic E-state index is 0.0743. The topological polar surface area (TPSA) is 15.3 Å². The van der Waals surface area contributed by atoms with Crippen LogP contribution in [0.3, 0.4) is 0 Å². The third kappa shape index (κ3) is 2.56. The predicted molar refractivity (Wildman–Crippen MR) is 81.5 cm³/mol. The van der Waals surface area contributed by atoms with Crippen molar-refractivity contribution in [3.63, 3.8) is 0 Å². The van der Waals surface area contributed by atoms with Gasteiger partial charge < -0.3 is 10.2 Å². The summed E-state index contributed by atoms with van der Waals surface area (Å²) in [7, 11) is 1.88. The molecule has 2 nitrogen and oxygen atoms in total. The zero-order valence-corrected chi connectivity index (χ0v) is 12.4. The number of nitrogens with zero attached hydrogens (tertiary/aromatic N) is 1. The molecule has 1 saturated carbocycles. The van der Waals surface area contributed by atoms with Crippen molar-refractivity contribution in [3.05, 3.63) is 29.6 Å². The van der Waals surface area contributed by atoms with Crippen molar-refractivity contribution in [3.8, 4) is 0 Å². The molecule has 1 aliphatic carbocycles. The zero-order valence-electron chi connectivity index (χ0n) is 12.4. The molecule has 1 aromatic rings. The summed E-state index contributed by atoms with van der Waals surface area (Å²) in [5, 5.41) is 3.11. The van der Waals surface area contributed by atoms with Crippen molar-refractivity contribution in [2.75, 3.05) is 18.5 Å². The summed E-state index contributed by atoms with van der Waals surface area (Å²) < 4.78 is 14.1. The predicted octanol–water partition coefficient (Wildman–Crippen LogP) is 3.70. The number of hydrogen-bond donors (Lipinski definition) is 1. The van der Waals surface area contributed by atoms with Gasteiger partial charge in [-0.15, -0.1) is 0 Å². The standard InChI is InChI=1S/C17H25FN2/c1-19-12-14-15(18)8-4-10-17(14)20-11-5-7-13-6-2-3-9-16(13)20/h4,8,10,13,16,19H,2-3,5-7,9,11-12H2,1H3. The second-order valence-corrected chi connectivity index (χ2v) is 6.22. The average molecular weight is 276 g/mol. The maximum Gasteiger partial charge on any atom is 0.129 e. The van der Waals surface area contributed by atoms with Gasteiger partial charge in [-0.3, -0.25) is 0 Å². The molecule has 0 spiro atoms. The van der Waals surface area contributed by atoms with Gasteiger partial charge in [0.2, 0.25) is 0 Å². The Bertz CT molecular complexity index is 458. The molecule has 1 saturated heterocycles. The van der Waals surface area contributed by atoms with E-state index >= 15 is 0 Å². The Morgan fingerprint density at radius 1 is 1.20 bits per heavy atom. The monoisotopic (exact) mass is 276 g/mol. The van der Waals surface area contributed by atoms with E-state index in [4.69, 9.17) is 0 Å². The lowest BCUT2D eigenvalue weighted by Crippen LogP contribution is -2.47. The summed E-state index contributed by atoms with van der Waals surface area (Å²) in [6.07, 6.45) is 7.95. The average Bonchev–Trinajstić information content (AvgIpc) is 2.49. The lowest BCUT2D eigenvalue weighted by atomic mass is 9.78. The SMILES string of the molecule is CNCc1c(F)cccc1N1CCCC2CCCCC21. The van der Waals surface area contributed by atoms with E-state index in [0.717, 1.165) is 23.7 Å². The van der Waals surface area contributed by atoms with Crippen LogP contribution in [0.5, 0.6) is 0 Å². The van der Waals surface area contributed by atoms with Gasteiger partial charge >= 0.3 is 0 Å². The molecule has 0 bridgehead atoms. The van der Waals surface area contributed by atoms with E-state index in [2.05, 4.69) is 16.3 Å². The van der Waals surface area contributed by atoms with Crippen LogP contribution in [0.4, 0.5) is 10.1 Å². The van der Waals surface area contributed by atoms with Gasteiger partial charge in [-0.05, 0) is 50.8 Å². The maximum atomic E-state index is 14.1. The summed E-state index contributed by atoms with van der Waals surface area (Å²) in [5.41, 5.74) is 1.96. The Morgan fingerprint density at radius 2 is 2.00 bits per heavy atom. The van der Waals surface area contributed by atoms with Crippen LogP contribution in [0.25, 0.3) is 0 Å². The van der Waals surface area contributed by atoms with Crippen LogP contribution in [0.15, 0.2) is 18.2 Å². The fraction of sp³-hybridized carbons (Fsp3) is 0.647. The second-order valence-electron chi connectivity index (χ2n) is 6.22. The summed E-state index contributed by atoms with van der Waals surface area (Å²) in [6, 6.07) is 6.18. The Balaban J connectivity index is 1.92. The fourth-order valence-corrected chi connectivity index (χ4v) is 4.09. The van der Waals surface area contributed by atoms with Gasteiger partial charge in [-0.1, -0.05) is 18.9 Å². The van der Waals surface area contributed by atoms with E-state index in [1.807, 2.05) is 13.1 Å². The van der Waals surface area contributed by atoms with Crippen molar-refractivity contribution in [1.82, 2.24) is 5.32 Å². The van der Waals surface area contributed by atoms with Crippen LogP contribution in [0.2, 0.25) is 0 Å². The van der Waals surface area contributed by atoms with E-state index in [0.29, 0.717) is 12.6 Å². The van der Waals surface area contributed by atoms with Gasteiger partial charge in [0, 0.05) is 30.4 Å². The molecule has 20 heavy (non-hydrogen) atoms. The first-order valence-electron chi connectivity index (χ1n) is 8.00. The number of hydrogen-bond acceptors (Lipinski definition) is 2. The van der Waals surface area contributed by atoms with E-state index in [-0.39, 0.29) is 5.82 Å². The number of fused-ring (bicyclic) bond motifs is 1. The van der Waals surface area contributed by atoms with Crippen LogP contribution in [-0.2, 0) is 6.54 Å². The summed E-state index contributed by atoms with van der Waals surface area (Å²) >= 11 is 0. The molecule has 2 unspecified atom stereocenters. The van der Waals surface area contributed by atoms with Crippen molar-refractivity contribution < 1.29 is 4.39 Å². The Kier molecular flexibility index (Phi) is 4.25. The smallest absolute Gasteiger partial charge is 0.129 e. The number of piperidine rings is 1. The first kappa shape index (κ1) is 13.9. The number of rotatable bonds is 3. The molecule has 0 amide bonds. The molecule has 1 aliphatic heterocycles. The lowest BCUT2D eigenvalue weighted by Gasteiger charge is -2.46. The molecule has 3 rings (SSSR count). The zero-order chi connectivity index (χ0) is 13.9. The quantitative estimate of drug-likeness (QED) is 0.905. The van der Waals surface area contributed by atoms with Crippen LogP contribution < -0.4 is 10.2 Å². The van der Waals surface area contributed by atoms with Gasteiger partial charge in [0.25, 0.3) is 0 Å². The number of halogens is 1. The highest BCUT2D eigenvalue weighted by Crippen LogP contribution is 2.39. The lowest BCUT2D eigenvalue weighted by molar-refractivity contribution is 0.243. The Morgan fingerprint density at radius 3 is 2.85 bits per heavy atom. The van der Waals surface area contributed by atoms with E-state index < -0.39 is 0 Å². The molecule has 2 atom stereocenters. The minimum atomic E-state index is -0.0743. The first-order valence-corrected chi connectivity index (χ1v) is 8.00. The van der Waals surface area contributed by atoms with Gasteiger partial charge in [-0.2, -0.15) is 0 Å². The second kappa shape index (κ2) is 6.13. The van der Waals surface area contributed by atoms with Gasteiger partial charge in [0.05, 0.1) is 0 Å². The van der Waals surface area contributed by atoms with Crippen LogP contribution >= 0.6 is 0 Å². The van der Waals surface area contributed by atoms with Crippen LogP contribution in [0.1, 0.15) is 44.1 Å². The molecule has 1 heterocycles. The minimum Gasteiger partial charge on any atom is -0.368 e. The molecular formula is C17H25FN2. The molecule has 0 aromatic heterocycles. The highest BCUT2D eigenvalue weighted by molar-refractivity contribution is 5.55. The van der Waals surface area contributed by atoms with Crippen molar-refractivity contribution in [1.29, 1.82) is 0 Å². The Labute approximate surface area is 121 Å². The molecular weight excluding hydrogens is 251 g/mol. The number of nitrogens with one attached hydrogen (secondary N) is 1. The molecule has 3 heteroatoms. The van der Waals surface area contributed by atoms with E-state index in [9.17, 15) is 4.39 Å². The molecule has 110 valence electrons. The highest BCUT2D eigenvalue weighted by Gasteiger charge is 2.34. The van der Waals surface area contributed by atoms with Crippen molar-refractivity contribution >= 4 is 5.69 Å². The molecule has 2 fully saturated rings. The molecule has 2 aliphatic rings. The van der Waals surface area contributed by atoms with Gasteiger partial charge in [0.1, 0.15) is 5.82 Å². The van der Waals surface area contributed by atoms with Crippen LogP contribution in [-0.4, -0.2) is 19.6 Å². The summed E-state index contributed by atoms with van der Waals surface area (Å²) in [4.78, 5) is 2.50. The summed E-state index contributed by atoms with van der Waals surface area (Å²) in [5.74, 6) is 0.748. The molecule has 0 radical (unpaired) electrons. The summed E-state index contributed by atoms with van der Waals surface area (Å²) in [6.45, 7) is 1.69. The Hall–Kier alpha value is -1.09. The third-order valence-electron chi connectivity index (χ3n) is 5.00. The van der Waals surface area contributed by atoms with E-state index in [1.165, 1.54) is 38.5 Å². The fourth-order valence-electron chi connectivity index (χ4n) is 4.09. The van der Waals surface area contributed by atoms with Crippen molar-refractivity contribution in [2.24, 2.45) is 5.92 Å². The number of benzene rings is 1. The molecule has 1 aromatic carbocycles. The largest absolute Gasteiger partial charge is 0.368 e.